The van der Waals surface area contributed by atoms with Crippen molar-refractivity contribution in [2.75, 3.05) is 31.1 Å². The monoisotopic (exact) mass is 1130 g/mol. The zero-order valence-corrected chi connectivity index (χ0v) is 46.8. The SMILES string of the molecule is Cc1sc2c(c1C)C(c1ccc(Cl)cc1)=N[C@@H](CC(=O)NC[C@H]1NC(=O)CNC(=O)[C@@H](Cc3ccc(-c4ccccc4)cc3)NC(=O)[C@@H]3C[C@@H](O)CN3C(=O)[C@H](C(C)(C)C)NC(=O)CSC[C@H](C(N)=O)NC1=O)c1nnc(C)n1-2. The Labute approximate surface area is 469 Å². The van der Waals surface area contributed by atoms with Gasteiger partial charge in [-0.15, -0.1) is 33.3 Å². The number of nitrogens with two attached hydrogens (primary N) is 1. The van der Waals surface area contributed by atoms with Crippen molar-refractivity contribution in [1.29, 1.82) is 0 Å². The number of halogens is 1. The van der Waals surface area contributed by atoms with E-state index in [-0.39, 0.29) is 37.3 Å². The number of carbonyl (C=O) groups is 8. The summed E-state index contributed by atoms with van der Waals surface area (Å²) >= 11 is 8.76. The molecule has 7 atom stereocenters. The van der Waals surface area contributed by atoms with Crippen molar-refractivity contribution in [3.8, 4) is 16.1 Å². The number of thiophene rings is 1. The molecule has 3 aliphatic rings. The van der Waals surface area contributed by atoms with Gasteiger partial charge in [0.05, 0.1) is 30.5 Å². The molecule has 3 aliphatic heterocycles. The number of hydrogen-bond acceptors (Lipinski definition) is 14. The molecule has 5 heterocycles. The second kappa shape index (κ2) is 24.7. The third-order valence-electron chi connectivity index (χ3n) is 13.9. The van der Waals surface area contributed by atoms with Crippen molar-refractivity contribution in [3.63, 3.8) is 0 Å². The molecule has 2 saturated heterocycles. The van der Waals surface area contributed by atoms with Crippen LogP contribution in [-0.2, 0) is 44.8 Å². The molecule has 21 nitrogen and oxygen atoms in total. The number of aliphatic imine (C=N–C) groups is 1. The summed E-state index contributed by atoms with van der Waals surface area (Å²) < 4.78 is 1.88. The first-order chi connectivity index (χ1) is 37.6. The van der Waals surface area contributed by atoms with E-state index in [0.717, 1.165) is 49.5 Å². The standard InChI is InChI=1S/C55H63ClN12O9S2/c1-28-29(2)79-54-45(28)46(34-16-18-35(56)19-17-34)61-37(49-66-65-30(3)68(49)54)22-42(70)58-23-39-51(75)63-40(48(57)73)26-78-27-44(72)64-47(55(4,5)6)53(77)67-25-36(69)21-41(67)52(76)62-38(50(74)59-24-43(71)60-39)20-31-12-14-33(15-13-31)32-10-8-7-9-11-32/h7-19,36-41,47,69H,20-27H2,1-6H3,(H2,57,73)(H,58,70)(H,59,74)(H,60,71)(H,62,76)(H,63,75)(H,64,72)/t36-,37+,38-,39-,40-,41+,47-/m1/s1. The number of nitrogens with zero attached hydrogens (tertiary/aromatic N) is 5. The topological polar surface area (TPSA) is 301 Å². The van der Waals surface area contributed by atoms with E-state index < -0.39 is 108 Å². The van der Waals surface area contributed by atoms with E-state index in [2.05, 4.69) is 42.1 Å². The lowest BCUT2D eigenvalue weighted by atomic mass is 9.85. The average Bonchev–Trinajstić information content (AvgIpc) is 4.23. The Morgan fingerprint density at radius 2 is 1.51 bits per heavy atom. The number of hydrogen-bond donors (Lipinski definition) is 8. The predicted octanol–water partition coefficient (Wildman–Crippen LogP) is 2.51. The quantitative estimate of drug-likeness (QED) is 0.106. The van der Waals surface area contributed by atoms with E-state index in [0.29, 0.717) is 27.9 Å². The van der Waals surface area contributed by atoms with Crippen molar-refractivity contribution in [3.05, 3.63) is 123 Å². The fourth-order valence-corrected chi connectivity index (χ4v) is 11.8. The van der Waals surface area contributed by atoms with Gasteiger partial charge in [-0.2, -0.15) is 0 Å². The van der Waals surface area contributed by atoms with Crippen LogP contribution in [0.5, 0.6) is 0 Å². The van der Waals surface area contributed by atoms with Crippen LogP contribution in [0.2, 0.25) is 5.02 Å². The van der Waals surface area contributed by atoms with Crippen molar-refractivity contribution in [2.24, 2.45) is 16.1 Å². The molecule has 0 aliphatic carbocycles. The van der Waals surface area contributed by atoms with Crippen molar-refractivity contribution in [2.45, 2.75) is 103 Å². The number of benzene rings is 3. The molecule has 0 saturated carbocycles. The molecule has 0 radical (unpaired) electrons. The number of amides is 8. The van der Waals surface area contributed by atoms with Crippen LogP contribution in [0.1, 0.15) is 78.4 Å². The summed E-state index contributed by atoms with van der Waals surface area (Å²) in [6, 6.07) is 16.5. The van der Waals surface area contributed by atoms with E-state index in [1.54, 1.807) is 52.0 Å². The highest BCUT2D eigenvalue weighted by Crippen LogP contribution is 2.40. The summed E-state index contributed by atoms with van der Waals surface area (Å²) in [4.78, 5) is 119. The number of aliphatic hydroxyl groups excluding tert-OH is 1. The second-order valence-electron chi connectivity index (χ2n) is 20.8. The highest BCUT2D eigenvalue weighted by Gasteiger charge is 2.45. The molecule has 2 aromatic heterocycles. The maximum atomic E-state index is 14.4. The third-order valence-corrected chi connectivity index (χ3v) is 16.4. The van der Waals surface area contributed by atoms with Gasteiger partial charge >= 0.3 is 0 Å². The van der Waals surface area contributed by atoms with E-state index in [1.807, 2.05) is 73.0 Å². The molecule has 2 fully saturated rings. The smallest absolute Gasteiger partial charge is 0.246 e. The van der Waals surface area contributed by atoms with Gasteiger partial charge in [-0.05, 0) is 60.6 Å². The summed E-state index contributed by atoms with van der Waals surface area (Å²) in [6.45, 7) is 9.50. The van der Waals surface area contributed by atoms with Crippen LogP contribution in [-0.4, -0.2) is 145 Å². The van der Waals surface area contributed by atoms with Crippen LogP contribution >= 0.6 is 34.7 Å². The lowest BCUT2D eigenvalue weighted by molar-refractivity contribution is -0.144. The van der Waals surface area contributed by atoms with Gasteiger partial charge in [-0.25, -0.2) is 0 Å². The van der Waals surface area contributed by atoms with Crippen molar-refractivity contribution in [1.82, 2.24) is 51.6 Å². The summed E-state index contributed by atoms with van der Waals surface area (Å²) in [5, 5.41) is 36.9. The van der Waals surface area contributed by atoms with Crippen LogP contribution in [0.3, 0.4) is 0 Å². The molecular formula is C55H63ClN12O9S2. The van der Waals surface area contributed by atoms with Gasteiger partial charge in [0.15, 0.2) is 5.82 Å². The molecule has 416 valence electrons. The van der Waals surface area contributed by atoms with Gasteiger partial charge in [0.1, 0.15) is 47.1 Å². The van der Waals surface area contributed by atoms with Gasteiger partial charge < -0.3 is 47.6 Å². The van der Waals surface area contributed by atoms with Gasteiger partial charge in [-0.3, -0.25) is 47.9 Å². The van der Waals surface area contributed by atoms with E-state index in [1.165, 1.54) is 16.2 Å². The molecule has 5 aromatic rings. The number of primary amides is 1. The third kappa shape index (κ3) is 13.7. The maximum Gasteiger partial charge on any atom is 0.246 e. The zero-order valence-electron chi connectivity index (χ0n) is 44.4. The van der Waals surface area contributed by atoms with E-state index in [9.17, 15) is 43.5 Å². The Bertz CT molecular complexity index is 3180. The number of aliphatic hydroxyl groups is 1. The van der Waals surface area contributed by atoms with E-state index >= 15 is 0 Å². The predicted molar refractivity (Wildman–Crippen MR) is 299 cm³/mol. The molecule has 0 bridgehead atoms. The summed E-state index contributed by atoms with van der Waals surface area (Å²) in [6.07, 6.45) is -1.63. The number of aromatic nitrogens is 3. The van der Waals surface area contributed by atoms with Crippen molar-refractivity contribution < 1.29 is 43.5 Å². The minimum Gasteiger partial charge on any atom is -0.391 e. The highest BCUT2D eigenvalue weighted by atomic mass is 35.5. The second-order valence-corrected chi connectivity index (χ2v) is 23.5. The van der Waals surface area contributed by atoms with Crippen LogP contribution in [0.15, 0.2) is 83.9 Å². The first-order valence-corrected chi connectivity index (χ1v) is 28.0. The minimum atomic E-state index is -1.57. The Balaban J connectivity index is 1.06. The summed E-state index contributed by atoms with van der Waals surface area (Å²) in [5.74, 6) is -5.77. The van der Waals surface area contributed by atoms with Gasteiger partial charge in [0, 0.05) is 52.7 Å². The molecular weight excluding hydrogens is 1070 g/mol. The minimum absolute atomic E-state index is 0.0724. The Morgan fingerprint density at radius 1 is 0.823 bits per heavy atom. The lowest BCUT2D eigenvalue weighted by Crippen LogP contribution is -2.59. The van der Waals surface area contributed by atoms with Crippen LogP contribution < -0.4 is 37.6 Å². The number of fused-ring (bicyclic) bond motifs is 4. The highest BCUT2D eigenvalue weighted by molar-refractivity contribution is 8.00. The fraction of sp³-hybridized carbons (Fsp3) is 0.400. The average molecular weight is 1140 g/mol. The number of carbonyl (C=O) groups excluding carboxylic acids is 8. The van der Waals surface area contributed by atoms with Gasteiger partial charge in [0.25, 0.3) is 0 Å². The molecule has 0 unspecified atom stereocenters. The number of nitrogens with one attached hydrogen (secondary N) is 6. The zero-order chi connectivity index (χ0) is 56.9. The Hall–Kier alpha value is -7.47. The molecule has 8 amide bonds. The van der Waals surface area contributed by atoms with Crippen LogP contribution in [0.4, 0.5) is 0 Å². The Kier molecular flexibility index (Phi) is 18.0. The number of thioether (sulfide) groups is 1. The normalized spacial score (nSPS) is 22.8. The Morgan fingerprint density at radius 3 is 2.19 bits per heavy atom. The van der Waals surface area contributed by atoms with Gasteiger partial charge in [0.2, 0.25) is 47.3 Å². The first kappa shape index (κ1) is 57.7. The molecule has 79 heavy (non-hydrogen) atoms. The fourth-order valence-electron chi connectivity index (χ4n) is 9.58. The van der Waals surface area contributed by atoms with Crippen LogP contribution in [0, 0.1) is 26.2 Å². The first-order valence-electron chi connectivity index (χ1n) is 25.7. The molecule has 24 heteroatoms. The summed E-state index contributed by atoms with van der Waals surface area (Å²) in [7, 11) is 0. The number of aryl methyl sites for hydroxylation is 2. The molecule has 8 rings (SSSR count). The van der Waals surface area contributed by atoms with Gasteiger partial charge in [-0.1, -0.05) is 99.1 Å². The maximum absolute atomic E-state index is 14.4. The summed E-state index contributed by atoms with van der Waals surface area (Å²) in [5.41, 5.74) is 10.5. The molecule has 0 spiro atoms. The number of rotatable bonds is 9. The van der Waals surface area contributed by atoms with Crippen LogP contribution in [0.25, 0.3) is 16.1 Å². The van der Waals surface area contributed by atoms with E-state index in [4.69, 9.17) is 22.3 Å². The molecule has 3 aromatic carbocycles. The lowest BCUT2D eigenvalue weighted by Gasteiger charge is -2.35. The molecule has 9 N–H and O–H groups in total. The van der Waals surface area contributed by atoms with Crippen molar-refractivity contribution >= 4 is 87.7 Å². The largest absolute Gasteiger partial charge is 0.391 e.